The molecule has 1 rings (SSSR count). The number of carbonyl (C=O) groups excluding carboxylic acids is 2. The maximum Gasteiger partial charge on any atom is 0.316 e. The van der Waals surface area contributed by atoms with Crippen molar-refractivity contribution < 1.29 is 14.3 Å². The Hall–Kier alpha value is -1.98. The van der Waals surface area contributed by atoms with Gasteiger partial charge in [0.1, 0.15) is 5.69 Å². The first kappa shape index (κ1) is 14.1. The van der Waals surface area contributed by atoms with Crippen LogP contribution >= 0.6 is 0 Å². The normalized spacial score (nSPS) is 11.2. The maximum absolute atomic E-state index is 11.8. The van der Waals surface area contributed by atoms with Crippen molar-refractivity contribution in [3.63, 3.8) is 0 Å². The van der Waals surface area contributed by atoms with Gasteiger partial charge in [-0.05, 0) is 27.7 Å². The zero-order valence-corrected chi connectivity index (χ0v) is 11.3. The predicted molar refractivity (Wildman–Crippen MR) is 68.1 cm³/mol. The first-order valence-electron chi connectivity index (χ1n) is 5.60. The lowest BCUT2D eigenvalue weighted by molar-refractivity contribution is -0.143. The summed E-state index contributed by atoms with van der Waals surface area (Å²) in [6.45, 7) is 6.96. The summed E-state index contributed by atoms with van der Waals surface area (Å²) in [7, 11) is 1.64. The summed E-state index contributed by atoms with van der Waals surface area (Å²) in [5, 5.41) is 0. The second kappa shape index (κ2) is 4.72. The first-order valence-corrected chi connectivity index (χ1v) is 5.60. The van der Waals surface area contributed by atoms with Gasteiger partial charge < -0.3 is 15.9 Å². The van der Waals surface area contributed by atoms with Crippen LogP contribution in [0.2, 0.25) is 0 Å². The summed E-state index contributed by atoms with van der Waals surface area (Å²) in [5.74, 6) is -0.618. The molecule has 100 valence electrons. The SMILES string of the molecule is CNn1cc(OC(=O)C(C)(C)C)c(C)c1C(N)=O. The second-order valence-electron chi connectivity index (χ2n) is 5.06. The van der Waals surface area contributed by atoms with Crippen LogP contribution in [0, 0.1) is 12.3 Å². The van der Waals surface area contributed by atoms with Crippen molar-refractivity contribution in [2.75, 3.05) is 12.5 Å². The zero-order chi connectivity index (χ0) is 14.1. The highest BCUT2D eigenvalue weighted by atomic mass is 16.5. The van der Waals surface area contributed by atoms with E-state index in [1.54, 1.807) is 34.7 Å². The van der Waals surface area contributed by atoms with E-state index >= 15 is 0 Å². The number of hydrogen-bond acceptors (Lipinski definition) is 4. The standard InChI is InChI=1S/C12H19N3O3/c1-7-8(18-11(17)12(2,3)4)6-15(14-5)9(7)10(13)16/h6,14H,1-5H3,(H2,13,16). The van der Waals surface area contributed by atoms with Gasteiger partial charge in [0.05, 0.1) is 11.6 Å². The van der Waals surface area contributed by atoms with Crippen LogP contribution < -0.4 is 15.9 Å². The van der Waals surface area contributed by atoms with Gasteiger partial charge >= 0.3 is 5.97 Å². The van der Waals surface area contributed by atoms with Gasteiger partial charge in [-0.2, -0.15) is 0 Å². The van der Waals surface area contributed by atoms with E-state index in [0.717, 1.165) is 0 Å². The fourth-order valence-electron chi connectivity index (χ4n) is 1.41. The quantitative estimate of drug-likeness (QED) is 0.787. The molecule has 3 N–H and O–H groups in total. The number of aromatic nitrogens is 1. The summed E-state index contributed by atoms with van der Waals surface area (Å²) >= 11 is 0. The number of rotatable bonds is 3. The van der Waals surface area contributed by atoms with Crippen LogP contribution in [-0.2, 0) is 4.79 Å². The Labute approximate surface area is 106 Å². The third-order valence-electron chi connectivity index (χ3n) is 2.50. The van der Waals surface area contributed by atoms with Crippen molar-refractivity contribution >= 4 is 11.9 Å². The maximum atomic E-state index is 11.8. The number of nitrogens with two attached hydrogens (primary N) is 1. The van der Waals surface area contributed by atoms with Crippen LogP contribution in [0.15, 0.2) is 6.20 Å². The molecule has 6 nitrogen and oxygen atoms in total. The third kappa shape index (κ3) is 2.64. The Balaban J connectivity index is 3.13. The Bertz CT molecular complexity index is 483. The number of nitrogens with zero attached hydrogens (tertiary/aromatic N) is 1. The third-order valence-corrected chi connectivity index (χ3v) is 2.50. The molecule has 0 saturated heterocycles. The van der Waals surface area contributed by atoms with E-state index in [4.69, 9.17) is 10.5 Å². The Kier molecular flexibility index (Phi) is 3.69. The molecule has 0 fully saturated rings. The number of carbonyl (C=O) groups is 2. The molecule has 0 aromatic carbocycles. The van der Waals surface area contributed by atoms with E-state index in [0.29, 0.717) is 11.3 Å². The van der Waals surface area contributed by atoms with Crippen molar-refractivity contribution in [3.8, 4) is 5.75 Å². The topological polar surface area (TPSA) is 86.3 Å². The average molecular weight is 253 g/mol. The highest BCUT2D eigenvalue weighted by molar-refractivity contribution is 5.94. The smallest absolute Gasteiger partial charge is 0.316 e. The lowest BCUT2D eigenvalue weighted by atomic mass is 9.97. The lowest BCUT2D eigenvalue weighted by Gasteiger charge is -2.15. The molecule has 0 unspecified atom stereocenters. The summed E-state index contributed by atoms with van der Waals surface area (Å²) in [6.07, 6.45) is 1.53. The Morgan fingerprint density at radius 1 is 1.39 bits per heavy atom. The predicted octanol–water partition coefficient (Wildman–Crippen LogP) is 1.02. The number of ether oxygens (including phenoxy) is 1. The van der Waals surface area contributed by atoms with Crippen molar-refractivity contribution in [2.45, 2.75) is 27.7 Å². The number of amides is 1. The van der Waals surface area contributed by atoms with E-state index in [1.165, 1.54) is 10.9 Å². The van der Waals surface area contributed by atoms with Gasteiger partial charge in [-0.15, -0.1) is 0 Å². The molecule has 6 heteroatoms. The molecule has 0 radical (unpaired) electrons. The summed E-state index contributed by atoms with van der Waals surface area (Å²) in [6, 6.07) is 0. The van der Waals surface area contributed by atoms with Gasteiger partial charge in [-0.25, -0.2) is 0 Å². The van der Waals surface area contributed by atoms with Gasteiger partial charge in [-0.1, -0.05) is 0 Å². The Morgan fingerprint density at radius 2 is 1.94 bits per heavy atom. The average Bonchev–Trinajstić information content (AvgIpc) is 2.54. The van der Waals surface area contributed by atoms with Gasteiger partial charge in [0, 0.05) is 12.6 Å². The van der Waals surface area contributed by atoms with Crippen LogP contribution in [0.1, 0.15) is 36.8 Å². The fourth-order valence-corrected chi connectivity index (χ4v) is 1.41. The lowest BCUT2D eigenvalue weighted by Crippen LogP contribution is -2.25. The van der Waals surface area contributed by atoms with Crippen LogP contribution in [-0.4, -0.2) is 23.6 Å². The molecule has 0 atom stereocenters. The summed E-state index contributed by atoms with van der Waals surface area (Å²) in [4.78, 5) is 23.1. The van der Waals surface area contributed by atoms with E-state index in [-0.39, 0.29) is 11.7 Å². The van der Waals surface area contributed by atoms with Crippen molar-refractivity contribution in [1.82, 2.24) is 4.68 Å². The van der Waals surface area contributed by atoms with Crippen LogP contribution in [0.25, 0.3) is 0 Å². The minimum absolute atomic E-state index is 0.272. The number of hydrogen-bond donors (Lipinski definition) is 2. The van der Waals surface area contributed by atoms with Crippen LogP contribution in [0.3, 0.4) is 0 Å². The molecule has 0 aliphatic heterocycles. The Morgan fingerprint density at radius 3 is 2.28 bits per heavy atom. The van der Waals surface area contributed by atoms with Crippen LogP contribution in [0.5, 0.6) is 5.75 Å². The molecule has 1 aromatic rings. The molecular formula is C12H19N3O3. The summed E-state index contributed by atoms with van der Waals surface area (Å²) in [5.41, 5.74) is 8.25. The van der Waals surface area contributed by atoms with Crippen molar-refractivity contribution in [2.24, 2.45) is 11.1 Å². The molecule has 1 heterocycles. The molecule has 0 aliphatic rings. The largest absolute Gasteiger partial charge is 0.424 e. The molecule has 0 bridgehead atoms. The number of nitrogens with one attached hydrogen (secondary N) is 1. The first-order chi connectivity index (χ1) is 8.18. The van der Waals surface area contributed by atoms with Gasteiger partial charge in [-0.3, -0.25) is 14.3 Å². The molecule has 1 aromatic heterocycles. The van der Waals surface area contributed by atoms with E-state index in [9.17, 15) is 9.59 Å². The number of esters is 1. The molecule has 0 spiro atoms. The minimum atomic E-state index is -0.610. The molecule has 0 aliphatic carbocycles. The second-order valence-corrected chi connectivity index (χ2v) is 5.06. The molecule has 1 amide bonds. The van der Waals surface area contributed by atoms with Gasteiger partial charge in [0.2, 0.25) is 0 Å². The monoisotopic (exact) mass is 253 g/mol. The molecule has 18 heavy (non-hydrogen) atoms. The van der Waals surface area contributed by atoms with Gasteiger partial charge in [0.15, 0.2) is 5.75 Å². The van der Waals surface area contributed by atoms with Crippen molar-refractivity contribution in [1.29, 1.82) is 0 Å². The van der Waals surface area contributed by atoms with E-state index in [1.807, 2.05) is 0 Å². The summed E-state index contributed by atoms with van der Waals surface area (Å²) < 4.78 is 6.71. The van der Waals surface area contributed by atoms with Crippen molar-refractivity contribution in [3.05, 3.63) is 17.5 Å². The van der Waals surface area contributed by atoms with E-state index < -0.39 is 11.3 Å². The highest BCUT2D eigenvalue weighted by Crippen LogP contribution is 2.26. The fraction of sp³-hybridized carbons (Fsp3) is 0.500. The molecular weight excluding hydrogens is 234 g/mol. The highest BCUT2D eigenvalue weighted by Gasteiger charge is 2.26. The number of primary amides is 1. The van der Waals surface area contributed by atoms with Crippen LogP contribution in [0.4, 0.5) is 0 Å². The zero-order valence-electron chi connectivity index (χ0n) is 11.3. The minimum Gasteiger partial charge on any atom is -0.424 e. The van der Waals surface area contributed by atoms with E-state index in [2.05, 4.69) is 5.43 Å². The van der Waals surface area contributed by atoms with Gasteiger partial charge in [0.25, 0.3) is 5.91 Å². The molecule has 0 saturated carbocycles.